The van der Waals surface area contributed by atoms with Gasteiger partial charge in [0.2, 0.25) is 0 Å². The normalized spacial score (nSPS) is 19.2. The molecule has 0 saturated carbocycles. The van der Waals surface area contributed by atoms with Crippen molar-refractivity contribution in [3.8, 4) is 5.75 Å². The van der Waals surface area contributed by atoms with Crippen LogP contribution < -0.4 is 10.1 Å². The number of halogens is 2. The number of nitrogens with one attached hydrogen (secondary N) is 1. The van der Waals surface area contributed by atoms with Crippen LogP contribution in [-0.4, -0.2) is 36.3 Å². The minimum atomic E-state index is -1.26. The smallest absolute Gasteiger partial charge is 0.325 e. The fourth-order valence-corrected chi connectivity index (χ4v) is 3.28. The van der Waals surface area contributed by atoms with Gasteiger partial charge in [-0.2, -0.15) is 0 Å². The molecule has 2 aromatic carbocycles. The number of Topliss-reactive ketones (excluding diaryl/α,β-unsaturated/α-hetero) is 1. The van der Waals surface area contributed by atoms with E-state index in [-0.39, 0.29) is 10.6 Å². The Morgan fingerprint density at radius 2 is 1.81 bits per heavy atom. The van der Waals surface area contributed by atoms with Gasteiger partial charge in [-0.3, -0.25) is 14.5 Å². The molecular formula is C19H16Cl2N2O4. The highest BCUT2D eigenvalue weighted by Crippen LogP contribution is 2.30. The number of ketones is 1. The van der Waals surface area contributed by atoms with Crippen molar-refractivity contribution < 1.29 is 19.1 Å². The van der Waals surface area contributed by atoms with E-state index < -0.39 is 29.8 Å². The van der Waals surface area contributed by atoms with Gasteiger partial charge in [0.1, 0.15) is 11.3 Å². The number of amides is 3. The zero-order valence-corrected chi connectivity index (χ0v) is 16.1. The van der Waals surface area contributed by atoms with E-state index >= 15 is 0 Å². The van der Waals surface area contributed by atoms with E-state index in [4.69, 9.17) is 27.9 Å². The standard InChI is InChI=1S/C19H16Cl2N2O4/c1-19(12-4-6-13(20)7-5-12)17(25)23(18(26)22-19)10-15(24)11-3-8-16(27-2)14(21)9-11/h3-9H,10H2,1-2H3,(H,22,26)/t19-/m0/s1. The van der Waals surface area contributed by atoms with Gasteiger partial charge in [-0.05, 0) is 42.8 Å². The molecule has 0 bridgehead atoms. The summed E-state index contributed by atoms with van der Waals surface area (Å²) in [5.41, 5.74) is -0.409. The monoisotopic (exact) mass is 406 g/mol. The van der Waals surface area contributed by atoms with Crippen molar-refractivity contribution in [1.29, 1.82) is 0 Å². The number of imide groups is 1. The molecule has 1 heterocycles. The second-order valence-corrected chi connectivity index (χ2v) is 7.07. The minimum absolute atomic E-state index is 0.270. The lowest BCUT2D eigenvalue weighted by Gasteiger charge is -2.22. The first-order chi connectivity index (χ1) is 12.8. The van der Waals surface area contributed by atoms with Gasteiger partial charge in [0.15, 0.2) is 5.78 Å². The Morgan fingerprint density at radius 1 is 1.15 bits per heavy atom. The number of carbonyl (C=O) groups is 3. The van der Waals surface area contributed by atoms with E-state index in [0.717, 1.165) is 4.90 Å². The maximum absolute atomic E-state index is 12.9. The molecule has 140 valence electrons. The number of ether oxygens (including phenoxy) is 1. The molecule has 3 amide bonds. The lowest BCUT2D eigenvalue weighted by molar-refractivity contribution is -0.130. The van der Waals surface area contributed by atoms with Crippen LogP contribution in [0.25, 0.3) is 0 Å². The van der Waals surface area contributed by atoms with Crippen LogP contribution in [0.1, 0.15) is 22.8 Å². The third-order valence-corrected chi connectivity index (χ3v) is 5.02. The first-order valence-electron chi connectivity index (χ1n) is 8.03. The van der Waals surface area contributed by atoms with Gasteiger partial charge in [-0.15, -0.1) is 0 Å². The van der Waals surface area contributed by atoms with Crippen LogP contribution in [0.15, 0.2) is 42.5 Å². The third kappa shape index (κ3) is 3.50. The predicted molar refractivity (Wildman–Crippen MR) is 101 cm³/mol. The van der Waals surface area contributed by atoms with Crippen molar-refractivity contribution in [2.75, 3.05) is 13.7 Å². The summed E-state index contributed by atoms with van der Waals surface area (Å²) in [6.07, 6.45) is 0. The maximum Gasteiger partial charge on any atom is 0.325 e. The van der Waals surface area contributed by atoms with E-state index in [0.29, 0.717) is 16.3 Å². The number of hydrogen-bond acceptors (Lipinski definition) is 4. The highest BCUT2D eigenvalue weighted by molar-refractivity contribution is 6.32. The zero-order chi connectivity index (χ0) is 19.8. The van der Waals surface area contributed by atoms with Crippen molar-refractivity contribution >= 4 is 40.9 Å². The molecule has 3 rings (SSSR count). The Kier molecular flexibility index (Phi) is 5.13. The van der Waals surface area contributed by atoms with Crippen LogP contribution in [0.3, 0.4) is 0 Å². The molecule has 1 atom stereocenters. The number of methoxy groups -OCH3 is 1. The summed E-state index contributed by atoms with van der Waals surface area (Å²) in [7, 11) is 1.47. The summed E-state index contributed by atoms with van der Waals surface area (Å²) in [4.78, 5) is 38.7. The highest BCUT2D eigenvalue weighted by atomic mass is 35.5. The summed E-state index contributed by atoms with van der Waals surface area (Å²) < 4.78 is 5.05. The fourth-order valence-electron chi connectivity index (χ4n) is 2.89. The molecule has 1 fully saturated rings. The molecule has 1 aliphatic heterocycles. The Labute approximate surface area is 166 Å². The van der Waals surface area contributed by atoms with Crippen LogP contribution in [-0.2, 0) is 10.3 Å². The molecule has 0 spiro atoms. The number of hydrogen-bond donors (Lipinski definition) is 1. The average molecular weight is 407 g/mol. The van der Waals surface area contributed by atoms with Crippen molar-refractivity contribution in [2.45, 2.75) is 12.5 Å². The molecule has 6 nitrogen and oxygen atoms in total. The third-order valence-electron chi connectivity index (χ3n) is 4.47. The van der Waals surface area contributed by atoms with Crippen molar-refractivity contribution in [1.82, 2.24) is 10.2 Å². The van der Waals surface area contributed by atoms with Gasteiger partial charge in [0.25, 0.3) is 5.91 Å². The van der Waals surface area contributed by atoms with Crippen molar-refractivity contribution in [2.24, 2.45) is 0 Å². The quantitative estimate of drug-likeness (QED) is 0.607. The highest BCUT2D eigenvalue weighted by Gasteiger charge is 2.49. The molecule has 0 unspecified atom stereocenters. The van der Waals surface area contributed by atoms with Gasteiger partial charge >= 0.3 is 6.03 Å². The molecule has 1 saturated heterocycles. The van der Waals surface area contributed by atoms with Crippen LogP contribution in [0.2, 0.25) is 10.0 Å². The molecule has 2 aromatic rings. The molecule has 1 aliphatic rings. The fraction of sp³-hybridized carbons (Fsp3) is 0.211. The largest absolute Gasteiger partial charge is 0.495 e. The number of urea groups is 1. The summed E-state index contributed by atoms with van der Waals surface area (Å²) in [6, 6.07) is 10.5. The van der Waals surface area contributed by atoms with Gasteiger partial charge < -0.3 is 10.1 Å². The topological polar surface area (TPSA) is 75.7 Å². The molecule has 0 aromatic heterocycles. The van der Waals surface area contributed by atoms with Crippen LogP contribution in [0, 0.1) is 0 Å². The average Bonchev–Trinajstić information content (AvgIpc) is 2.86. The second kappa shape index (κ2) is 7.21. The van der Waals surface area contributed by atoms with Crippen molar-refractivity contribution in [3.63, 3.8) is 0 Å². The predicted octanol–water partition coefficient (Wildman–Crippen LogP) is 3.65. The SMILES string of the molecule is COc1ccc(C(=O)CN2C(=O)N[C@@](C)(c3ccc(Cl)cc3)C2=O)cc1Cl. The number of nitrogens with zero attached hydrogens (tertiary/aromatic N) is 1. The Bertz CT molecular complexity index is 930. The zero-order valence-electron chi connectivity index (χ0n) is 14.6. The van der Waals surface area contributed by atoms with Crippen molar-refractivity contribution in [3.05, 3.63) is 63.6 Å². The summed E-state index contributed by atoms with van der Waals surface area (Å²) in [6.45, 7) is 1.20. The molecule has 8 heteroatoms. The second-order valence-electron chi connectivity index (χ2n) is 6.23. The van der Waals surface area contributed by atoms with E-state index in [9.17, 15) is 14.4 Å². The van der Waals surface area contributed by atoms with E-state index in [1.807, 2.05) is 0 Å². The Balaban J connectivity index is 1.82. The molecule has 0 radical (unpaired) electrons. The number of rotatable bonds is 5. The van der Waals surface area contributed by atoms with E-state index in [2.05, 4.69) is 5.32 Å². The molecule has 1 N–H and O–H groups in total. The van der Waals surface area contributed by atoms with Gasteiger partial charge in [-0.25, -0.2) is 4.79 Å². The van der Waals surface area contributed by atoms with Gasteiger partial charge in [-0.1, -0.05) is 35.3 Å². The van der Waals surface area contributed by atoms with Gasteiger partial charge in [0, 0.05) is 10.6 Å². The molecular weight excluding hydrogens is 391 g/mol. The lowest BCUT2D eigenvalue weighted by atomic mass is 9.92. The molecule has 27 heavy (non-hydrogen) atoms. The first kappa shape index (κ1) is 19.2. The van der Waals surface area contributed by atoms with E-state index in [1.54, 1.807) is 37.3 Å². The van der Waals surface area contributed by atoms with Gasteiger partial charge in [0.05, 0.1) is 18.7 Å². The summed E-state index contributed by atoms with van der Waals surface area (Å²) in [5, 5.41) is 3.43. The minimum Gasteiger partial charge on any atom is -0.495 e. The summed E-state index contributed by atoms with van der Waals surface area (Å²) in [5.74, 6) is -0.496. The number of carbonyl (C=O) groups excluding carboxylic acids is 3. The summed E-state index contributed by atoms with van der Waals surface area (Å²) >= 11 is 11.9. The lowest BCUT2D eigenvalue weighted by Crippen LogP contribution is -2.41. The van der Waals surface area contributed by atoms with E-state index in [1.165, 1.54) is 19.2 Å². The Morgan fingerprint density at radius 3 is 2.41 bits per heavy atom. The maximum atomic E-state index is 12.9. The van der Waals surface area contributed by atoms with Crippen LogP contribution in [0.4, 0.5) is 4.79 Å². The Hall–Kier alpha value is -2.57. The molecule has 0 aliphatic carbocycles. The number of benzene rings is 2. The van der Waals surface area contributed by atoms with Crippen LogP contribution in [0.5, 0.6) is 5.75 Å². The van der Waals surface area contributed by atoms with Crippen LogP contribution >= 0.6 is 23.2 Å². The first-order valence-corrected chi connectivity index (χ1v) is 8.79.